The van der Waals surface area contributed by atoms with Gasteiger partial charge in [-0.25, -0.2) is 9.67 Å². The topological polar surface area (TPSA) is 80.5 Å². The smallest absolute Gasteiger partial charge is 0.305 e. The molecule has 7 heteroatoms. The number of rotatable bonds is 6. The Balaban J connectivity index is 2.02. The van der Waals surface area contributed by atoms with Crippen LogP contribution in [-0.2, 0) is 22.6 Å². The fourth-order valence-corrected chi connectivity index (χ4v) is 2.28. The van der Waals surface area contributed by atoms with E-state index in [1.54, 1.807) is 6.33 Å². The van der Waals surface area contributed by atoms with E-state index in [0.29, 0.717) is 19.8 Å². The van der Waals surface area contributed by atoms with Gasteiger partial charge >= 0.3 is 5.97 Å². The minimum atomic E-state index is -0.796. The number of carbonyl (C=O) groups is 1. The van der Waals surface area contributed by atoms with Crippen molar-refractivity contribution in [2.45, 2.75) is 38.9 Å². The lowest BCUT2D eigenvalue weighted by Gasteiger charge is -2.34. The molecule has 1 atom stereocenters. The second-order valence-electron chi connectivity index (χ2n) is 4.70. The summed E-state index contributed by atoms with van der Waals surface area (Å²) in [6, 6.07) is -0.0852. The van der Waals surface area contributed by atoms with Crippen molar-refractivity contribution < 1.29 is 14.6 Å². The van der Waals surface area contributed by atoms with Crippen molar-refractivity contribution in [2.75, 3.05) is 19.8 Å². The molecule has 106 valence electrons. The van der Waals surface area contributed by atoms with Crippen LogP contribution in [0.1, 0.15) is 25.6 Å². The molecule has 0 amide bonds. The van der Waals surface area contributed by atoms with Gasteiger partial charge in [0.15, 0.2) is 0 Å². The number of aryl methyl sites for hydroxylation is 1. The van der Waals surface area contributed by atoms with Gasteiger partial charge in [0, 0.05) is 19.1 Å². The molecule has 0 spiro atoms. The van der Waals surface area contributed by atoms with Gasteiger partial charge < -0.3 is 9.84 Å². The van der Waals surface area contributed by atoms with Crippen LogP contribution in [0.25, 0.3) is 0 Å². The van der Waals surface area contributed by atoms with Gasteiger partial charge in [-0.2, -0.15) is 5.10 Å². The molecule has 1 aromatic heterocycles. The molecule has 0 aromatic carbocycles. The molecule has 2 rings (SSSR count). The second-order valence-corrected chi connectivity index (χ2v) is 4.70. The molecule has 19 heavy (non-hydrogen) atoms. The van der Waals surface area contributed by atoms with E-state index in [1.165, 1.54) is 0 Å². The number of carboxylic acid groups (broad SMARTS) is 1. The Bertz CT molecular complexity index is 421. The van der Waals surface area contributed by atoms with Gasteiger partial charge in [-0.15, -0.1) is 0 Å². The Hall–Kier alpha value is -1.47. The second kappa shape index (κ2) is 6.63. The quantitative estimate of drug-likeness (QED) is 0.802. The van der Waals surface area contributed by atoms with E-state index in [1.807, 2.05) is 4.68 Å². The molecule has 0 bridgehead atoms. The molecular weight excluding hydrogens is 248 g/mol. The van der Waals surface area contributed by atoms with E-state index in [2.05, 4.69) is 21.9 Å². The van der Waals surface area contributed by atoms with Gasteiger partial charge in [-0.05, 0) is 6.42 Å². The van der Waals surface area contributed by atoms with Crippen LogP contribution < -0.4 is 0 Å². The maximum absolute atomic E-state index is 10.9. The largest absolute Gasteiger partial charge is 0.481 e. The fraction of sp³-hybridized carbons (Fsp3) is 0.750. The minimum Gasteiger partial charge on any atom is -0.481 e. The summed E-state index contributed by atoms with van der Waals surface area (Å²) in [4.78, 5) is 17.3. The summed E-state index contributed by atoms with van der Waals surface area (Å²) < 4.78 is 7.24. The SMILES string of the molecule is CCCn1ncnc1CN1CCOCC1CC(=O)O. The van der Waals surface area contributed by atoms with E-state index in [0.717, 1.165) is 25.3 Å². The van der Waals surface area contributed by atoms with Gasteiger partial charge in [0.2, 0.25) is 0 Å². The third-order valence-corrected chi connectivity index (χ3v) is 3.24. The van der Waals surface area contributed by atoms with E-state index in [4.69, 9.17) is 9.84 Å². The Morgan fingerprint density at radius 1 is 1.63 bits per heavy atom. The van der Waals surface area contributed by atoms with Crippen LogP contribution in [-0.4, -0.2) is 56.5 Å². The zero-order chi connectivity index (χ0) is 13.7. The fourth-order valence-electron chi connectivity index (χ4n) is 2.28. The highest BCUT2D eigenvalue weighted by atomic mass is 16.5. The predicted molar refractivity (Wildman–Crippen MR) is 67.6 cm³/mol. The first kappa shape index (κ1) is 14.0. The molecule has 0 saturated carbocycles. The summed E-state index contributed by atoms with van der Waals surface area (Å²) >= 11 is 0. The normalized spacial score (nSPS) is 20.6. The number of ether oxygens (including phenoxy) is 1. The lowest BCUT2D eigenvalue weighted by molar-refractivity contribution is -0.140. The molecule has 1 aromatic rings. The number of carboxylic acids is 1. The van der Waals surface area contributed by atoms with Crippen LogP contribution >= 0.6 is 0 Å². The maximum atomic E-state index is 10.9. The molecule has 7 nitrogen and oxygen atoms in total. The summed E-state index contributed by atoms with van der Waals surface area (Å²) in [6.07, 6.45) is 2.65. The first-order chi connectivity index (χ1) is 9.20. The molecule has 1 saturated heterocycles. The summed E-state index contributed by atoms with van der Waals surface area (Å²) in [5.74, 6) is 0.0923. The average molecular weight is 268 g/mol. The van der Waals surface area contributed by atoms with Crippen LogP contribution in [0.2, 0.25) is 0 Å². The Morgan fingerprint density at radius 3 is 3.21 bits per heavy atom. The first-order valence-corrected chi connectivity index (χ1v) is 6.61. The number of morpholine rings is 1. The summed E-state index contributed by atoms with van der Waals surface area (Å²) in [6.45, 7) is 5.39. The molecule has 1 aliphatic heterocycles. The predicted octanol–water partition coefficient (Wildman–Crippen LogP) is 0.364. The van der Waals surface area contributed by atoms with Crippen LogP contribution in [0.15, 0.2) is 6.33 Å². The number of aliphatic carboxylic acids is 1. The van der Waals surface area contributed by atoms with E-state index >= 15 is 0 Å². The van der Waals surface area contributed by atoms with Crippen molar-refractivity contribution in [1.82, 2.24) is 19.7 Å². The van der Waals surface area contributed by atoms with E-state index < -0.39 is 5.97 Å². The average Bonchev–Trinajstić information content (AvgIpc) is 2.79. The minimum absolute atomic E-state index is 0.0852. The van der Waals surface area contributed by atoms with Crippen molar-refractivity contribution in [3.8, 4) is 0 Å². The standard InChI is InChI=1S/C12H20N4O3/c1-2-3-16-11(13-9-14-16)7-15-4-5-19-8-10(15)6-12(17)18/h9-10H,2-8H2,1H3,(H,17,18). The van der Waals surface area contributed by atoms with Gasteiger partial charge in [-0.1, -0.05) is 6.92 Å². The van der Waals surface area contributed by atoms with E-state index in [9.17, 15) is 4.79 Å². The van der Waals surface area contributed by atoms with Gasteiger partial charge in [0.25, 0.3) is 0 Å². The lowest BCUT2D eigenvalue weighted by Crippen LogP contribution is -2.46. The van der Waals surface area contributed by atoms with Crippen molar-refractivity contribution in [3.63, 3.8) is 0 Å². The number of hydrogen-bond acceptors (Lipinski definition) is 5. The molecule has 1 unspecified atom stereocenters. The van der Waals surface area contributed by atoms with E-state index in [-0.39, 0.29) is 12.5 Å². The van der Waals surface area contributed by atoms with Crippen LogP contribution in [0.5, 0.6) is 0 Å². The molecule has 0 aliphatic carbocycles. The third kappa shape index (κ3) is 3.74. The molecule has 1 fully saturated rings. The van der Waals surface area contributed by atoms with Gasteiger partial charge in [0.1, 0.15) is 12.2 Å². The zero-order valence-corrected chi connectivity index (χ0v) is 11.2. The summed E-state index contributed by atoms with van der Waals surface area (Å²) in [7, 11) is 0. The van der Waals surface area contributed by atoms with Crippen molar-refractivity contribution >= 4 is 5.97 Å². The molecule has 1 N–H and O–H groups in total. The van der Waals surface area contributed by atoms with Crippen LogP contribution in [0, 0.1) is 0 Å². The van der Waals surface area contributed by atoms with Crippen LogP contribution in [0.4, 0.5) is 0 Å². The van der Waals surface area contributed by atoms with Crippen molar-refractivity contribution in [1.29, 1.82) is 0 Å². The monoisotopic (exact) mass is 268 g/mol. The zero-order valence-electron chi connectivity index (χ0n) is 11.2. The first-order valence-electron chi connectivity index (χ1n) is 6.61. The number of hydrogen-bond donors (Lipinski definition) is 1. The van der Waals surface area contributed by atoms with Gasteiger partial charge in [-0.3, -0.25) is 9.69 Å². The summed E-state index contributed by atoms with van der Waals surface area (Å²) in [5.41, 5.74) is 0. The highest BCUT2D eigenvalue weighted by Crippen LogP contribution is 2.14. The Labute approximate surface area is 112 Å². The van der Waals surface area contributed by atoms with Gasteiger partial charge in [0.05, 0.1) is 26.2 Å². The number of nitrogens with zero attached hydrogens (tertiary/aromatic N) is 4. The highest BCUT2D eigenvalue weighted by molar-refractivity contribution is 5.67. The highest BCUT2D eigenvalue weighted by Gasteiger charge is 2.26. The van der Waals surface area contributed by atoms with Crippen molar-refractivity contribution in [2.24, 2.45) is 0 Å². The molecule has 0 radical (unpaired) electrons. The molecule has 2 heterocycles. The Morgan fingerprint density at radius 2 is 2.47 bits per heavy atom. The summed E-state index contributed by atoms with van der Waals surface area (Å²) in [5, 5.41) is 13.1. The molecular formula is C12H20N4O3. The molecule has 1 aliphatic rings. The Kier molecular flexibility index (Phi) is 4.86. The van der Waals surface area contributed by atoms with Crippen molar-refractivity contribution in [3.05, 3.63) is 12.2 Å². The number of aromatic nitrogens is 3. The lowest BCUT2D eigenvalue weighted by atomic mass is 10.1. The third-order valence-electron chi connectivity index (χ3n) is 3.24. The van der Waals surface area contributed by atoms with Crippen LogP contribution in [0.3, 0.4) is 0 Å². The maximum Gasteiger partial charge on any atom is 0.305 e.